The Bertz CT molecular complexity index is 1360. The summed E-state index contributed by atoms with van der Waals surface area (Å²) in [6.45, 7) is 3.74. The van der Waals surface area contributed by atoms with E-state index in [1.807, 2.05) is 23.1 Å². The number of nitrogens with two attached hydrogens (primary N) is 1. The third-order valence-corrected chi connectivity index (χ3v) is 7.03. The molecule has 3 N–H and O–H groups in total. The van der Waals surface area contributed by atoms with E-state index in [0.717, 1.165) is 29.5 Å². The van der Waals surface area contributed by atoms with E-state index in [1.54, 1.807) is 30.6 Å². The maximum Gasteiger partial charge on any atom is 0.239 e. The van der Waals surface area contributed by atoms with Gasteiger partial charge in [-0.2, -0.15) is 0 Å². The number of carbonyl (C=O) groups excluding carboxylic acids is 1. The first-order valence-corrected chi connectivity index (χ1v) is 12.7. The third-order valence-electron chi connectivity index (χ3n) is 6.41. The van der Waals surface area contributed by atoms with Crippen molar-refractivity contribution in [2.24, 2.45) is 5.73 Å². The average Bonchev–Trinajstić information content (AvgIpc) is 3.28. The van der Waals surface area contributed by atoms with Crippen molar-refractivity contribution in [3.63, 3.8) is 0 Å². The lowest BCUT2D eigenvalue weighted by molar-refractivity contribution is -0.134. The van der Waals surface area contributed by atoms with Crippen molar-refractivity contribution in [3.8, 4) is 11.5 Å². The van der Waals surface area contributed by atoms with Gasteiger partial charge in [-0.05, 0) is 51.7 Å². The highest BCUT2D eigenvalue weighted by molar-refractivity contribution is 9.10. The highest BCUT2D eigenvalue weighted by Crippen LogP contribution is 2.35. The zero-order chi connectivity index (χ0) is 25.1. The van der Waals surface area contributed by atoms with E-state index < -0.39 is 11.9 Å². The number of amides is 1. The Kier molecular flexibility index (Phi) is 7.31. The monoisotopic (exact) mass is 551 g/mol. The number of nitrogens with one attached hydrogen (secondary N) is 1. The lowest BCUT2D eigenvalue weighted by Gasteiger charge is -2.36. The van der Waals surface area contributed by atoms with Crippen LogP contribution in [-0.4, -0.2) is 57.9 Å². The molecule has 0 aliphatic carbocycles. The van der Waals surface area contributed by atoms with Crippen LogP contribution in [0.3, 0.4) is 0 Å². The zero-order valence-corrected chi connectivity index (χ0v) is 21.2. The van der Waals surface area contributed by atoms with Crippen LogP contribution in [0.2, 0.25) is 0 Å². The molecule has 5 rings (SSSR count). The minimum atomic E-state index is -0.729. The molecule has 3 heterocycles. The molecular formula is C27H27BrFN5O2. The first-order valence-electron chi connectivity index (χ1n) is 11.9. The van der Waals surface area contributed by atoms with E-state index in [2.05, 4.69) is 42.9 Å². The number of pyridine rings is 1. The van der Waals surface area contributed by atoms with Gasteiger partial charge in [0.1, 0.15) is 11.4 Å². The number of hydrogen-bond acceptors (Lipinski definition) is 5. The van der Waals surface area contributed by atoms with Crippen molar-refractivity contribution in [2.75, 3.05) is 26.2 Å². The number of carbonyl (C=O) groups is 1. The number of rotatable bonds is 7. The van der Waals surface area contributed by atoms with Gasteiger partial charge >= 0.3 is 0 Å². The van der Waals surface area contributed by atoms with Crippen LogP contribution in [0.15, 0.2) is 71.5 Å². The second-order valence-corrected chi connectivity index (χ2v) is 9.79. The van der Waals surface area contributed by atoms with Crippen molar-refractivity contribution in [2.45, 2.75) is 19.0 Å². The molecule has 1 aliphatic heterocycles. The van der Waals surface area contributed by atoms with Gasteiger partial charge in [-0.25, -0.2) is 9.37 Å². The minimum absolute atomic E-state index is 0.0915. The first-order chi connectivity index (χ1) is 17.5. The van der Waals surface area contributed by atoms with Crippen LogP contribution in [0.5, 0.6) is 11.5 Å². The number of aromatic amines is 1. The Morgan fingerprint density at radius 2 is 1.86 bits per heavy atom. The molecule has 0 radical (unpaired) electrons. The summed E-state index contributed by atoms with van der Waals surface area (Å²) in [5.41, 5.74) is 8.79. The SMILES string of the molecule is NC(Cc1ccc(Oc2ccnc3[nH]cc(Br)c23)c(F)c1)C(=O)N1CCN(Cc2ccccc2)CC1. The highest BCUT2D eigenvalue weighted by Gasteiger charge is 2.26. The van der Waals surface area contributed by atoms with Crippen LogP contribution in [0, 0.1) is 5.82 Å². The van der Waals surface area contributed by atoms with Crippen LogP contribution in [-0.2, 0) is 17.8 Å². The van der Waals surface area contributed by atoms with Crippen LogP contribution in [0.4, 0.5) is 4.39 Å². The molecule has 1 atom stereocenters. The molecule has 186 valence electrons. The fraction of sp³-hybridized carbons (Fsp3) is 0.259. The molecule has 0 bridgehead atoms. The first kappa shape index (κ1) is 24.4. The lowest BCUT2D eigenvalue weighted by Crippen LogP contribution is -2.53. The number of aromatic nitrogens is 2. The highest BCUT2D eigenvalue weighted by atomic mass is 79.9. The van der Waals surface area contributed by atoms with E-state index in [1.165, 1.54) is 11.6 Å². The molecule has 1 saturated heterocycles. The minimum Gasteiger partial charge on any atom is -0.453 e. The Morgan fingerprint density at radius 1 is 1.08 bits per heavy atom. The van der Waals surface area contributed by atoms with Crippen molar-refractivity contribution < 1.29 is 13.9 Å². The molecular weight excluding hydrogens is 525 g/mol. The van der Waals surface area contributed by atoms with E-state index >= 15 is 0 Å². The average molecular weight is 552 g/mol. The normalized spacial score (nSPS) is 15.2. The van der Waals surface area contributed by atoms with E-state index in [0.29, 0.717) is 30.0 Å². The molecule has 1 amide bonds. The number of benzene rings is 2. The quantitative estimate of drug-likeness (QED) is 0.354. The molecule has 1 fully saturated rings. The maximum atomic E-state index is 14.9. The number of ether oxygens (including phenoxy) is 1. The number of halogens is 2. The predicted octanol–water partition coefficient (Wildman–Crippen LogP) is 4.47. The number of hydrogen-bond donors (Lipinski definition) is 2. The molecule has 36 heavy (non-hydrogen) atoms. The van der Waals surface area contributed by atoms with E-state index in [-0.39, 0.29) is 18.1 Å². The van der Waals surface area contributed by atoms with E-state index in [9.17, 15) is 9.18 Å². The van der Waals surface area contributed by atoms with Gasteiger partial charge < -0.3 is 20.4 Å². The van der Waals surface area contributed by atoms with Gasteiger partial charge in [-0.3, -0.25) is 9.69 Å². The van der Waals surface area contributed by atoms with Gasteiger partial charge in [0, 0.05) is 49.6 Å². The summed E-state index contributed by atoms with van der Waals surface area (Å²) < 4.78 is 21.5. The summed E-state index contributed by atoms with van der Waals surface area (Å²) >= 11 is 3.46. The van der Waals surface area contributed by atoms with Gasteiger partial charge in [0.15, 0.2) is 11.6 Å². The van der Waals surface area contributed by atoms with Gasteiger partial charge in [0.2, 0.25) is 5.91 Å². The summed E-state index contributed by atoms with van der Waals surface area (Å²) in [7, 11) is 0. The Morgan fingerprint density at radius 3 is 2.61 bits per heavy atom. The molecule has 1 unspecified atom stereocenters. The van der Waals surface area contributed by atoms with Crippen LogP contribution < -0.4 is 10.5 Å². The van der Waals surface area contributed by atoms with Gasteiger partial charge in [-0.1, -0.05) is 36.4 Å². The summed E-state index contributed by atoms with van der Waals surface area (Å²) in [6, 6.07) is 15.9. The molecule has 2 aromatic heterocycles. The summed E-state index contributed by atoms with van der Waals surface area (Å²) in [4.78, 5) is 24.4. The molecule has 1 aliphatic rings. The largest absolute Gasteiger partial charge is 0.453 e. The van der Waals surface area contributed by atoms with Crippen molar-refractivity contribution in [3.05, 3.63) is 88.4 Å². The summed E-state index contributed by atoms with van der Waals surface area (Å²) in [6.07, 6.45) is 3.60. The second-order valence-electron chi connectivity index (χ2n) is 8.93. The number of H-pyrrole nitrogens is 1. The number of piperazine rings is 1. The topological polar surface area (TPSA) is 87.5 Å². The van der Waals surface area contributed by atoms with Gasteiger partial charge in [-0.15, -0.1) is 0 Å². The van der Waals surface area contributed by atoms with Crippen molar-refractivity contribution in [1.29, 1.82) is 0 Å². The number of nitrogens with zero attached hydrogens (tertiary/aromatic N) is 3. The predicted molar refractivity (Wildman–Crippen MR) is 140 cm³/mol. The third kappa shape index (κ3) is 5.43. The molecule has 9 heteroatoms. The zero-order valence-electron chi connectivity index (χ0n) is 19.7. The molecule has 0 saturated carbocycles. The van der Waals surface area contributed by atoms with Crippen LogP contribution in [0.1, 0.15) is 11.1 Å². The van der Waals surface area contributed by atoms with E-state index in [4.69, 9.17) is 10.5 Å². The molecule has 2 aromatic carbocycles. The summed E-state index contributed by atoms with van der Waals surface area (Å²) in [5, 5.41) is 0.734. The molecule has 4 aromatic rings. The Hall–Kier alpha value is -3.27. The number of fused-ring (bicyclic) bond motifs is 1. The fourth-order valence-corrected chi connectivity index (χ4v) is 4.99. The molecule has 7 nitrogen and oxygen atoms in total. The Labute approximate surface area is 217 Å². The smallest absolute Gasteiger partial charge is 0.239 e. The van der Waals surface area contributed by atoms with Crippen LogP contribution >= 0.6 is 15.9 Å². The van der Waals surface area contributed by atoms with Crippen LogP contribution in [0.25, 0.3) is 11.0 Å². The van der Waals surface area contributed by atoms with Gasteiger partial charge in [0.05, 0.1) is 11.4 Å². The molecule has 0 spiro atoms. The second kappa shape index (κ2) is 10.8. The standard InChI is InChI=1S/C27H27BrFN5O2/c28-20-16-32-26-25(20)24(8-9-31-26)36-23-7-6-19(14-21(23)29)15-22(30)27(35)34-12-10-33(11-13-34)17-18-4-2-1-3-5-18/h1-9,14,16,22H,10-13,15,17,30H2,(H,31,32). The Balaban J connectivity index is 1.17. The fourth-order valence-electron chi connectivity index (χ4n) is 4.49. The van der Waals surface area contributed by atoms with Crippen molar-refractivity contribution >= 4 is 32.9 Å². The maximum absolute atomic E-state index is 14.9. The van der Waals surface area contributed by atoms with Gasteiger partial charge in [0.25, 0.3) is 0 Å². The summed E-state index contributed by atoms with van der Waals surface area (Å²) in [5.74, 6) is -0.0447. The van der Waals surface area contributed by atoms with Crippen molar-refractivity contribution in [1.82, 2.24) is 19.8 Å². The lowest BCUT2D eigenvalue weighted by atomic mass is 10.0.